The molecule has 0 aliphatic heterocycles. The van der Waals surface area contributed by atoms with E-state index in [2.05, 4.69) is 30.0 Å². The number of aromatic carboxylic acids is 1. The molecule has 0 saturated carbocycles. The number of aromatic nitrogens is 4. The average Bonchev–Trinajstić information content (AvgIpc) is 2.85. The number of benzene rings is 1. The number of pyridine rings is 1. The first-order chi connectivity index (χ1) is 17.8. The van der Waals surface area contributed by atoms with Crippen molar-refractivity contribution in [2.45, 2.75) is 11.8 Å². The topological polar surface area (TPSA) is 226 Å². The summed E-state index contributed by atoms with van der Waals surface area (Å²) in [7, 11) is -1.92. The van der Waals surface area contributed by atoms with Crippen molar-refractivity contribution in [3.8, 4) is 6.01 Å². The van der Waals surface area contributed by atoms with Crippen LogP contribution < -0.4 is 20.5 Å². The van der Waals surface area contributed by atoms with Crippen LogP contribution in [0.5, 0.6) is 6.01 Å². The number of carbonyl (C=O) groups excluding carboxylic acids is 2. The molecule has 5 N–H and O–H groups in total. The van der Waals surface area contributed by atoms with Gasteiger partial charge >= 0.3 is 24.0 Å². The molecule has 0 spiro atoms. The van der Waals surface area contributed by atoms with Gasteiger partial charge in [-0.25, -0.2) is 32.5 Å². The molecule has 0 aliphatic carbocycles. The molecule has 1 aromatic carbocycles. The minimum atomic E-state index is -4.36. The van der Waals surface area contributed by atoms with Gasteiger partial charge in [0.15, 0.2) is 5.69 Å². The van der Waals surface area contributed by atoms with E-state index < -0.39 is 32.9 Å². The summed E-state index contributed by atoms with van der Waals surface area (Å²) in [6.07, 6.45) is 0. The van der Waals surface area contributed by atoms with Crippen LogP contribution in [0.25, 0.3) is 0 Å². The Kier molecular flexibility index (Phi) is 10.1. The van der Waals surface area contributed by atoms with Crippen molar-refractivity contribution in [3.63, 3.8) is 0 Å². The van der Waals surface area contributed by atoms with Crippen molar-refractivity contribution in [1.29, 1.82) is 0 Å². The van der Waals surface area contributed by atoms with E-state index in [0.717, 1.165) is 13.2 Å². The van der Waals surface area contributed by atoms with Crippen molar-refractivity contribution in [2.75, 3.05) is 25.3 Å². The minimum Gasteiger partial charge on any atom is -0.476 e. The number of ether oxygens (including phenoxy) is 2. The third-order valence-electron chi connectivity index (χ3n) is 4.10. The van der Waals surface area contributed by atoms with Gasteiger partial charge in [-0.3, -0.25) is 5.32 Å². The maximum atomic E-state index is 12.4. The van der Waals surface area contributed by atoms with E-state index in [4.69, 9.17) is 38.8 Å². The predicted octanol–water partition coefficient (Wildman–Crippen LogP) is 2.15. The van der Waals surface area contributed by atoms with Crippen molar-refractivity contribution in [3.05, 3.63) is 57.6 Å². The molecule has 0 fully saturated rings. The first-order valence-corrected chi connectivity index (χ1v) is 12.2. The largest absolute Gasteiger partial charge is 0.476 e. The molecule has 15 nitrogen and oxygen atoms in total. The highest BCUT2D eigenvalue weighted by Gasteiger charge is 2.25. The lowest BCUT2D eigenvalue weighted by atomic mass is 10.2. The second-order valence-electron chi connectivity index (χ2n) is 6.74. The fourth-order valence-corrected chi connectivity index (χ4v) is 4.03. The van der Waals surface area contributed by atoms with Gasteiger partial charge in [0, 0.05) is 0 Å². The molecule has 2 aromatic heterocycles. The Morgan fingerprint density at radius 2 is 1.71 bits per heavy atom. The number of hydrogen-bond donors (Lipinski definition) is 4. The molecule has 3 rings (SSSR count). The predicted molar refractivity (Wildman–Crippen MR) is 134 cm³/mol. The monoisotopic (exact) mass is 587 g/mol. The summed E-state index contributed by atoms with van der Waals surface area (Å²) >= 11 is 11.0. The summed E-state index contributed by atoms with van der Waals surface area (Å²) in [6, 6.07) is 5.40. The van der Waals surface area contributed by atoms with E-state index in [1.54, 1.807) is 4.72 Å². The van der Waals surface area contributed by atoms with E-state index in [1.807, 2.05) is 0 Å². The number of nitrogen functional groups attached to an aromatic ring is 1. The number of carboxylic acids is 1. The fourth-order valence-electron chi connectivity index (χ4n) is 2.55. The molecular formula is C20H19Cl2N7O8S. The van der Waals surface area contributed by atoms with E-state index >= 15 is 0 Å². The number of halogens is 2. The molecule has 3 aromatic rings. The van der Waals surface area contributed by atoms with Gasteiger partial charge in [-0.05, 0) is 25.1 Å². The van der Waals surface area contributed by atoms with Crippen LogP contribution in [0, 0.1) is 6.92 Å². The summed E-state index contributed by atoms with van der Waals surface area (Å²) in [5.41, 5.74) is 4.90. The zero-order chi connectivity index (χ0) is 28.6. The molecule has 0 saturated heterocycles. The molecular weight excluding hydrogens is 569 g/mol. The molecule has 0 unspecified atom stereocenters. The number of carbonyl (C=O) groups is 3. The van der Waals surface area contributed by atoms with Gasteiger partial charge in [-0.1, -0.05) is 35.3 Å². The number of esters is 1. The molecule has 2 amide bonds. The molecule has 18 heteroatoms. The van der Waals surface area contributed by atoms with Crippen LogP contribution in [0.15, 0.2) is 35.2 Å². The number of sulfonamides is 1. The van der Waals surface area contributed by atoms with Crippen molar-refractivity contribution in [1.82, 2.24) is 24.7 Å². The van der Waals surface area contributed by atoms with E-state index in [0.29, 0.717) is 0 Å². The summed E-state index contributed by atoms with van der Waals surface area (Å²) in [5, 5.41) is 10.6. The Morgan fingerprint density at radius 3 is 2.32 bits per heavy atom. The molecule has 0 bridgehead atoms. The van der Waals surface area contributed by atoms with Gasteiger partial charge in [0.2, 0.25) is 5.95 Å². The third kappa shape index (κ3) is 7.86. The van der Waals surface area contributed by atoms with Crippen LogP contribution in [0.3, 0.4) is 0 Å². The maximum absolute atomic E-state index is 12.4. The average molecular weight is 588 g/mol. The summed E-state index contributed by atoms with van der Waals surface area (Å²) in [5.74, 6) is -2.06. The number of urea groups is 1. The quantitative estimate of drug-likeness (QED) is 0.239. The zero-order valence-corrected chi connectivity index (χ0v) is 22.1. The smallest absolute Gasteiger partial charge is 0.356 e. The lowest BCUT2D eigenvalue weighted by molar-refractivity contribution is 0.0595. The number of nitrogens with two attached hydrogens (primary N) is 1. The number of nitrogens with one attached hydrogen (secondary N) is 2. The maximum Gasteiger partial charge on any atom is 0.356 e. The van der Waals surface area contributed by atoms with Gasteiger partial charge in [0.05, 0.1) is 30.5 Å². The van der Waals surface area contributed by atoms with Crippen molar-refractivity contribution < 1.29 is 37.4 Å². The number of aryl methyl sites for hydroxylation is 1. The second-order valence-corrected chi connectivity index (χ2v) is 9.16. The highest BCUT2D eigenvalue weighted by molar-refractivity contribution is 7.90. The summed E-state index contributed by atoms with van der Waals surface area (Å²) < 4.78 is 36.0. The number of carboxylic acid groups (broad SMARTS) is 1. The third-order valence-corrected chi connectivity index (χ3v) is 6.08. The van der Waals surface area contributed by atoms with Gasteiger partial charge in [-0.2, -0.15) is 15.0 Å². The number of hydrogen-bond acceptors (Lipinski definition) is 12. The van der Waals surface area contributed by atoms with Crippen LogP contribution in [0.2, 0.25) is 10.2 Å². The van der Waals surface area contributed by atoms with Crippen LogP contribution in [-0.4, -0.2) is 65.6 Å². The van der Waals surface area contributed by atoms with E-state index in [-0.39, 0.29) is 44.9 Å². The highest BCUT2D eigenvalue weighted by Crippen LogP contribution is 2.24. The lowest BCUT2D eigenvalue weighted by Gasteiger charge is -2.11. The number of methoxy groups -OCH3 is 2. The first kappa shape index (κ1) is 29.9. The number of nitrogens with zero attached hydrogens (tertiary/aromatic N) is 4. The Morgan fingerprint density at radius 1 is 1.05 bits per heavy atom. The molecule has 0 atom stereocenters. The Bertz CT molecular complexity index is 1490. The molecule has 0 aliphatic rings. The standard InChI is InChI=1S/C14H15N5O6S.C6H4Cl2N2O2/c1-8-15-12(18-14(16-8)25-3)17-13(21)19-26(22,23)10-7-5-4-6-9(10)11(20)24-2;7-3-1-2(9)4(8)5(10-3)6(11)12/h4-7H,1-3H3,(H2,15,16,17,18,19,21);1H,(H2,9,10)(H,11,12). The number of amides is 2. The summed E-state index contributed by atoms with van der Waals surface area (Å²) in [4.78, 5) is 48.7. The highest BCUT2D eigenvalue weighted by atomic mass is 35.5. The number of anilines is 2. The Labute approximate surface area is 225 Å². The van der Waals surface area contributed by atoms with Crippen molar-refractivity contribution in [2.24, 2.45) is 0 Å². The van der Waals surface area contributed by atoms with Crippen LogP contribution in [0.4, 0.5) is 16.4 Å². The molecule has 38 heavy (non-hydrogen) atoms. The first-order valence-electron chi connectivity index (χ1n) is 9.91. The Hall–Kier alpha value is -4.28. The van der Waals surface area contributed by atoms with Crippen LogP contribution in [0.1, 0.15) is 26.7 Å². The van der Waals surface area contributed by atoms with Gasteiger partial charge < -0.3 is 20.3 Å². The summed E-state index contributed by atoms with van der Waals surface area (Å²) in [6.45, 7) is 1.54. The second kappa shape index (κ2) is 12.8. The number of rotatable bonds is 6. The normalized spacial score (nSPS) is 10.4. The van der Waals surface area contributed by atoms with Crippen LogP contribution in [-0.2, 0) is 14.8 Å². The molecule has 202 valence electrons. The van der Waals surface area contributed by atoms with E-state index in [9.17, 15) is 22.8 Å². The van der Waals surface area contributed by atoms with Crippen molar-refractivity contribution >= 4 is 62.8 Å². The zero-order valence-electron chi connectivity index (χ0n) is 19.7. The minimum absolute atomic E-state index is 0.00861. The molecule has 2 heterocycles. The van der Waals surface area contributed by atoms with Gasteiger partial charge in [-0.15, -0.1) is 0 Å². The Balaban J connectivity index is 0.000000352. The van der Waals surface area contributed by atoms with E-state index in [1.165, 1.54) is 38.3 Å². The molecule has 0 radical (unpaired) electrons. The lowest BCUT2D eigenvalue weighted by Crippen LogP contribution is -2.35. The van der Waals surface area contributed by atoms with Gasteiger partial charge in [0.25, 0.3) is 10.0 Å². The fraction of sp³-hybridized carbons (Fsp3) is 0.150. The SMILES string of the molecule is COC(=O)c1ccccc1S(=O)(=O)NC(=O)Nc1nc(C)nc(OC)n1.Nc1cc(Cl)nc(C(=O)O)c1Cl. The van der Waals surface area contributed by atoms with Gasteiger partial charge in [0.1, 0.15) is 15.9 Å². The van der Waals surface area contributed by atoms with Crippen LogP contribution >= 0.6 is 23.2 Å².